The molecule has 4 rings (SSSR count). The fourth-order valence-corrected chi connectivity index (χ4v) is 5.03. The normalized spacial score (nSPS) is 30.3. The van der Waals surface area contributed by atoms with Gasteiger partial charge in [-0.2, -0.15) is 0 Å². The van der Waals surface area contributed by atoms with Crippen molar-refractivity contribution in [2.45, 2.75) is 49.9 Å². The monoisotopic (exact) mass is 476 g/mol. The smallest absolute Gasteiger partial charge is 0.251 e. The summed E-state index contributed by atoms with van der Waals surface area (Å²) < 4.78 is 0. The molecule has 2 fully saturated rings. The third-order valence-corrected chi connectivity index (χ3v) is 7.09. The van der Waals surface area contributed by atoms with Crippen LogP contribution < -0.4 is 32.1 Å². The zero-order valence-electron chi connectivity index (χ0n) is 19.3. The summed E-state index contributed by atoms with van der Waals surface area (Å²) in [4.78, 5) is 19.4. The van der Waals surface area contributed by atoms with Crippen LogP contribution >= 0.6 is 11.6 Å². The van der Waals surface area contributed by atoms with Gasteiger partial charge in [-0.1, -0.05) is 13.0 Å². The quantitative estimate of drug-likeness (QED) is 0.294. The summed E-state index contributed by atoms with van der Waals surface area (Å²) in [5.41, 5.74) is 8.53. The number of carbonyl (C=O) groups excluding carboxylic acids is 1. The summed E-state index contributed by atoms with van der Waals surface area (Å²) in [7, 11) is 0. The predicted octanol–water partition coefficient (Wildman–Crippen LogP) is 0.907. The molecular formula is C23H37ClN8O. The minimum atomic E-state index is -0.116. The first-order valence-corrected chi connectivity index (χ1v) is 12.6. The number of nitrogens with zero attached hydrogens (tertiary/aromatic N) is 2. The average Bonchev–Trinajstić information content (AvgIpc) is 3.25. The van der Waals surface area contributed by atoms with Crippen molar-refractivity contribution in [3.63, 3.8) is 0 Å². The lowest BCUT2D eigenvalue weighted by atomic mass is 9.99. The van der Waals surface area contributed by atoms with E-state index in [9.17, 15) is 4.79 Å². The molecule has 3 heterocycles. The van der Waals surface area contributed by atoms with Crippen molar-refractivity contribution < 1.29 is 4.79 Å². The Bertz CT molecular complexity index is 802. The molecule has 1 amide bonds. The molecule has 0 saturated carbocycles. The molecule has 0 bridgehead atoms. The van der Waals surface area contributed by atoms with E-state index in [1.807, 2.05) is 24.3 Å². The number of hydrazine groups is 1. The molecule has 33 heavy (non-hydrogen) atoms. The van der Waals surface area contributed by atoms with Gasteiger partial charge >= 0.3 is 0 Å². The number of aliphatic imine (C=N–C) groups is 1. The Labute approximate surface area is 201 Å². The minimum absolute atomic E-state index is 0.0738. The second-order valence-corrected chi connectivity index (χ2v) is 9.49. The van der Waals surface area contributed by atoms with Crippen LogP contribution in [0.1, 0.15) is 36.5 Å². The molecule has 1 aromatic rings. The van der Waals surface area contributed by atoms with Crippen LogP contribution in [0.2, 0.25) is 0 Å². The molecule has 3 aliphatic rings. The molecule has 1 aromatic carbocycles. The Balaban J connectivity index is 1.30. The first kappa shape index (κ1) is 24.4. The predicted molar refractivity (Wildman–Crippen MR) is 134 cm³/mol. The van der Waals surface area contributed by atoms with Crippen LogP contribution in [0.15, 0.2) is 29.3 Å². The highest BCUT2D eigenvalue weighted by molar-refractivity contribution is 6.28. The lowest BCUT2D eigenvalue weighted by Gasteiger charge is -2.35. The SMILES string of the molecule is CCCN1C(CNc2cccc(C(=O)NCC3CCN=CC3Cl)c2)NNC1C1CCNCN1. The van der Waals surface area contributed by atoms with E-state index in [1.165, 1.54) is 0 Å². The van der Waals surface area contributed by atoms with E-state index in [4.69, 9.17) is 11.6 Å². The highest BCUT2D eigenvalue weighted by Crippen LogP contribution is 2.19. The molecular weight excluding hydrogens is 440 g/mol. The van der Waals surface area contributed by atoms with Gasteiger partial charge in [-0.3, -0.25) is 20.0 Å². The second-order valence-electron chi connectivity index (χ2n) is 8.98. The molecule has 5 unspecified atom stereocenters. The third kappa shape index (κ3) is 6.44. The van der Waals surface area contributed by atoms with Gasteiger partial charge in [0, 0.05) is 56.4 Å². The number of rotatable bonds is 9. The van der Waals surface area contributed by atoms with Crippen LogP contribution in [0.3, 0.4) is 0 Å². The maximum Gasteiger partial charge on any atom is 0.251 e. The third-order valence-electron chi connectivity index (χ3n) is 6.62. The molecule has 5 atom stereocenters. The van der Waals surface area contributed by atoms with Gasteiger partial charge in [0.1, 0.15) is 0 Å². The molecule has 0 radical (unpaired) electrons. The standard InChI is InChI=1S/C23H37ClN8O/c1-2-10-32-21(30-31-22(32)20-7-9-26-15-29-20)14-27-18-5-3-4-16(11-18)23(33)28-12-17-6-8-25-13-19(17)24/h3-5,11,13,17,19-22,26-27,29-31H,2,6-10,12,14-15H2,1H3,(H,28,33). The second kappa shape index (κ2) is 12.1. The van der Waals surface area contributed by atoms with Gasteiger partial charge in [-0.15, -0.1) is 11.6 Å². The maximum absolute atomic E-state index is 12.7. The molecule has 9 nitrogen and oxygen atoms in total. The highest BCUT2D eigenvalue weighted by atomic mass is 35.5. The molecule has 0 spiro atoms. The highest BCUT2D eigenvalue weighted by Gasteiger charge is 2.37. The maximum atomic E-state index is 12.7. The Kier molecular flexibility index (Phi) is 8.94. The summed E-state index contributed by atoms with van der Waals surface area (Å²) in [6, 6.07) is 8.08. The molecule has 2 saturated heterocycles. The Morgan fingerprint density at radius 2 is 2.18 bits per heavy atom. The van der Waals surface area contributed by atoms with Crippen molar-refractivity contribution in [2.24, 2.45) is 10.9 Å². The van der Waals surface area contributed by atoms with Gasteiger partial charge in [0.15, 0.2) is 0 Å². The average molecular weight is 477 g/mol. The molecule has 10 heteroatoms. The van der Waals surface area contributed by atoms with Gasteiger partial charge in [0.2, 0.25) is 0 Å². The largest absolute Gasteiger partial charge is 0.382 e. The number of anilines is 1. The van der Waals surface area contributed by atoms with Gasteiger partial charge < -0.3 is 16.0 Å². The lowest BCUT2D eigenvalue weighted by Crippen LogP contribution is -2.58. The van der Waals surface area contributed by atoms with E-state index in [1.54, 1.807) is 6.21 Å². The van der Waals surface area contributed by atoms with Crippen molar-refractivity contribution >= 4 is 29.4 Å². The van der Waals surface area contributed by atoms with Crippen LogP contribution in [0.5, 0.6) is 0 Å². The Morgan fingerprint density at radius 1 is 1.27 bits per heavy atom. The number of nitrogens with one attached hydrogen (secondary N) is 6. The van der Waals surface area contributed by atoms with Crippen molar-refractivity contribution in [1.82, 2.24) is 31.7 Å². The number of halogens is 1. The summed E-state index contributed by atoms with van der Waals surface area (Å²) >= 11 is 6.30. The molecule has 182 valence electrons. The van der Waals surface area contributed by atoms with Crippen molar-refractivity contribution in [1.29, 1.82) is 0 Å². The number of benzene rings is 1. The van der Waals surface area contributed by atoms with Crippen LogP contribution in [-0.2, 0) is 0 Å². The Morgan fingerprint density at radius 3 is 2.97 bits per heavy atom. The number of carbonyl (C=O) groups is 1. The van der Waals surface area contributed by atoms with Gasteiger partial charge in [0.05, 0.1) is 17.7 Å². The van der Waals surface area contributed by atoms with Gasteiger partial charge in [-0.05, 0) is 49.9 Å². The van der Waals surface area contributed by atoms with E-state index in [0.29, 0.717) is 18.2 Å². The first-order chi connectivity index (χ1) is 16.2. The van der Waals surface area contributed by atoms with Crippen LogP contribution in [0.4, 0.5) is 5.69 Å². The van der Waals surface area contributed by atoms with E-state index >= 15 is 0 Å². The number of hydrogen-bond acceptors (Lipinski definition) is 8. The van der Waals surface area contributed by atoms with E-state index < -0.39 is 0 Å². The van der Waals surface area contributed by atoms with Crippen LogP contribution in [-0.4, -0.2) is 80.2 Å². The zero-order chi connectivity index (χ0) is 23.0. The molecule has 0 aromatic heterocycles. The number of hydrogen-bond donors (Lipinski definition) is 6. The van der Waals surface area contributed by atoms with Crippen LogP contribution in [0, 0.1) is 5.92 Å². The summed E-state index contributed by atoms with van der Waals surface area (Å²) in [5, 5.41) is 13.3. The first-order valence-electron chi connectivity index (χ1n) is 12.1. The van der Waals surface area contributed by atoms with Crippen LogP contribution in [0.25, 0.3) is 0 Å². The van der Waals surface area contributed by atoms with Gasteiger partial charge in [-0.25, -0.2) is 10.9 Å². The minimum Gasteiger partial charge on any atom is -0.382 e. The molecule has 3 aliphatic heterocycles. The summed E-state index contributed by atoms with van der Waals surface area (Å²) in [6.07, 6.45) is 5.29. The van der Waals surface area contributed by atoms with Crippen molar-refractivity contribution in [3.05, 3.63) is 29.8 Å². The number of amides is 1. The Hall–Kier alpha value is -1.75. The fourth-order valence-electron chi connectivity index (χ4n) is 4.74. The lowest BCUT2D eigenvalue weighted by molar-refractivity contribution is 0.0947. The van der Waals surface area contributed by atoms with E-state index in [0.717, 1.165) is 57.8 Å². The summed E-state index contributed by atoms with van der Waals surface area (Å²) in [5.74, 6) is 0.151. The summed E-state index contributed by atoms with van der Waals surface area (Å²) in [6.45, 7) is 7.18. The van der Waals surface area contributed by atoms with E-state index in [2.05, 4.69) is 48.9 Å². The number of alkyl halides is 1. The molecule has 6 N–H and O–H groups in total. The molecule has 0 aliphatic carbocycles. The fraction of sp³-hybridized carbons (Fsp3) is 0.652. The van der Waals surface area contributed by atoms with Crippen molar-refractivity contribution in [2.75, 3.05) is 44.7 Å². The zero-order valence-corrected chi connectivity index (χ0v) is 20.1. The van der Waals surface area contributed by atoms with Crippen molar-refractivity contribution in [3.8, 4) is 0 Å². The topological polar surface area (TPSA) is 105 Å². The van der Waals surface area contributed by atoms with E-state index in [-0.39, 0.29) is 29.5 Å². The van der Waals surface area contributed by atoms with Gasteiger partial charge in [0.25, 0.3) is 5.91 Å².